The van der Waals surface area contributed by atoms with Crippen LogP contribution in [0.3, 0.4) is 0 Å². The van der Waals surface area contributed by atoms with E-state index in [4.69, 9.17) is 4.74 Å². The summed E-state index contributed by atoms with van der Waals surface area (Å²) in [6.07, 6.45) is 5.73. The second-order valence-corrected chi connectivity index (χ2v) is 7.67. The maximum absolute atomic E-state index is 11.8. The number of likely N-dealkylation sites (N-methyl/N-ethyl adjacent to an activating group) is 1. The SMILES string of the molecule is CCOC(=O)N1CCC(NC(=NCC(=O)N(C)C)NCCCCSC)CC1. The number of likely N-dealkylation sites (tertiary alicyclic amines) is 1. The molecule has 1 aliphatic rings. The van der Waals surface area contributed by atoms with Crippen molar-refractivity contribution in [3.05, 3.63) is 0 Å². The molecule has 156 valence electrons. The number of rotatable bonds is 9. The van der Waals surface area contributed by atoms with Gasteiger partial charge in [0.2, 0.25) is 5.91 Å². The van der Waals surface area contributed by atoms with Gasteiger partial charge in [0.15, 0.2) is 5.96 Å². The highest BCUT2D eigenvalue weighted by atomic mass is 32.2. The quantitative estimate of drug-likeness (QED) is 0.345. The summed E-state index contributed by atoms with van der Waals surface area (Å²) >= 11 is 1.85. The minimum atomic E-state index is -0.242. The lowest BCUT2D eigenvalue weighted by Gasteiger charge is -2.32. The molecule has 9 heteroatoms. The zero-order chi connectivity index (χ0) is 20.1. The first-order chi connectivity index (χ1) is 13.0. The molecule has 0 aliphatic carbocycles. The standard InChI is InChI=1S/C18H35N5O3S/c1-5-26-18(25)23-11-8-15(9-12-23)21-17(19-10-6-7-13-27-4)20-14-16(24)22(2)3/h15H,5-14H2,1-4H3,(H2,19,20,21). The van der Waals surface area contributed by atoms with E-state index in [-0.39, 0.29) is 24.6 Å². The number of nitrogens with zero attached hydrogens (tertiary/aromatic N) is 3. The molecule has 0 radical (unpaired) electrons. The average Bonchev–Trinajstić information content (AvgIpc) is 2.66. The number of amides is 2. The molecule has 8 nitrogen and oxygen atoms in total. The fourth-order valence-electron chi connectivity index (χ4n) is 2.63. The summed E-state index contributed by atoms with van der Waals surface area (Å²) in [5.74, 6) is 1.78. The van der Waals surface area contributed by atoms with Gasteiger partial charge in [-0.2, -0.15) is 11.8 Å². The lowest BCUT2D eigenvalue weighted by Crippen LogP contribution is -2.50. The van der Waals surface area contributed by atoms with E-state index in [1.807, 2.05) is 18.7 Å². The smallest absolute Gasteiger partial charge is 0.409 e. The maximum atomic E-state index is 11.8. The molecule has 0 aromatic rings. The summed E-state index contributed by atoms with van der Waals surface area (Å²) in [6, 6.07) is 0.225. The van der Waals surface area contributed by atoms with Crippen molar-refractivity contribution >= 4 is 29.7 Å². The molecule has 27 heavy (non-hydrogen) atoms. The van der Waals surface area contributed by atoms with Crippen molar-refractivity contribution in [1.29, 1.82) is 0 Å². The Hall–Kier alpha value is -1.64. The first-order valence-corrected chi connectivity index (χ1v) is 11.0. The lowest BCUT2D eigenvalue weighted by molar-refractivity contribution is -0.127. The van der Waals surface area contributed by atoms with Crippen molar-refractivity contribution in [3.63, 3.8) is 0 Å². The number of carbonyl (C=O) groups is 2. The lowest BCUT2D eigenvalue weighted by atomic mass is 10.1. The van der Waals surface area contributed by atoms with Gasteiger partial charge in [-0.25, -0.2) is 9.79 Å². The van der Waals surface area contributed by atoms with Crippen LogP contribution in [0.15, 0.2) is 4.99 Å². The van der Waals surface area contributed by atoms with Gasteiger partial charge >= 0.3 is 6.09 Å². The monoisotopic (exact) mass is 401 g/mol. The van der Waals surface area contributed by atoms with Crippen molar-refractivity contribution in [1.82, 2.24) is 20.4 Å². The number of piperidine rings is 1. The van der Waals surface area contributed by atoms with Crippen molar-refractivity contribution in [2.24, 2.45) is 4.99 Å². The molecule has 1 rings (SSSR count). The number of guanidine groups is 1. The summed E-state index contributed by atoms with van der Waals surface area (Å²) in [5.41, 5.74) is 0. The normalized spacial score (nSPS) is 15.4. The molecular weight excluding hydrogens is 366 g/mol. The van der Waals surface area contributed by atoms with Crippen LogP contribution < -0.4 is 10.6 Å². The fraction of sp³-hybridized carbons (Fsp3) is 0.833. The molecule has 0 bridgehead atoms. The van der Waals surface area contributed by atoms with E-state index in [0.717, 1.165) is 38.0 Å². The Morgan fingerprint density at radius 1 is 1.26 bits per heavy atom. The second-order valence-electron chi connectivity index (χ2n) is 6.68. The van der Waals surface area contributed by atoms with Gasteiger partial charge in [0.05, 0.1) is 6.61 Å². The van der Waals surface area contributed by atoms with Crippen LogP contribution in [0.25, 0.3) is 0 Å². The molecular formula is C18H35N5O3S. The van der Waals surface area contributed by atoms with E-state index in [1.165, 1.54) is 4.90 Å². The van der Waals surface area contributed by atoms with Gasteiger partial charge in [-0.05, 0) is 44.6 Å². The number of ether oxygens (including phenoxy) is 1. The molecule has 0 spiro atoms. The van der Waals surface area contributed by atoms with E-state index in [1.54, 1.807) is 19.0 Å². The molecule has 0 aromatic heterocycles. The topological polar surface area (TPSA) is 86.3 Å². The van der Waals surface area contributed by atoms with Gasteiger partial charge in [0.1, 0.15) is 6.54 Å². The van der Waals surface area contributed by atoms with Gasteiger partial charge in [-0.1, -0.05) is 0 Å². The molecule has 0 aromatic carbocycles. The largest absolute Gasteiger partial charge is 0.450 e. The van der Waals surface area contributed by atoms with Crippen LogP contribution in [0.2, 0.25) is 0 Å². The first kappa shape index (κ1) is 23.4. The van der Waals surface area contributed by atoms with Crippen LogP contribution in [0, 0.1) is 0 Å². The van der Waals surface area contributed by atoms with Crippen LogP contribution in [-0.4, -0.2) is 92.7 Å². The summed E-state index contributed by atoms with van der Waals surface area (Å²) in [4.78, 5) is 31.3. The Morgan fingerprint density at radius 2 is 1.96 bits per heavy atom. The van der Waals surface area contributed by atoms with E-state index < -0.39 is 0 Å². The van der Waals surface area contributed by atoms with E-state index in [0.29, 0.717) is 25.7 Å². The highest BCUT2D eigenvalue weighted by Gasteiger charge is 2.24. The first-order valence-electron chi connectivity index (χ1n) is 9.63. The van der Waals surface area contributed by atoms with Crippen molar-refractivity contribution in [2.45, 2.75) is 38.6 Å². The van der Waals surface area contributed by atoms with Crippen molar-refractivity contribution in [3.8, 4) is 0 Å². The zero-order valence-electron chi connectivity index (χ0n) is 17.1. The Labute approximate surface area is 167 Å². The van der Waals surface area contributed by atoms with Gasteiger partial charge in [-0.15, -0.1) is 0 Å². The number of hydrogen-bond acceptors (Lipinski definition) is 5. The molecule has 2 amide bonds. The van der Waals surface area contributed by atoms with Crippen molar-refractivity contribution in [2.75, 3.05) is 58.9 Å². The molecule has 1 saturated heterocycles. The molecule has 1 fully saturated rings. The number of aliphatic imine (C=N–C) groups is 1. The number of nitrogens with one attached hydrogen (secondary N) is 2. The van der Waals surface area contributed by atoms with E-state index >= 15 is 0 Å². The third-order valence-electron chi connectivity index (χ3n) is 4.30. The minimum absolute atomic E-state index is 0.0318. The van der Waals surface area contributed by atoms with E-state index in [9.17, 15) is 9.59 Å². The van der Waals surface area contributed by atoms with E-state index in [2.05, 4.69) is 21.9 Å². The summed E-state index contributed by atoms with van der Waals surface area (Å²) < 4.78 is 5.06. The number of carbonyl (C=O) groups excluding carboxylic acids is 2. The van der Waals surface area contributed by atoms with Crippen LogP contribution in [0.4, 0.5) is 4.79 Å². The Balaban J connectivity index is 2.51. The van der Waals surface area contributed by atoms with Gasteiger partial charge < -0.3 is 25.2 Å². The number of hydrogen-bond donors (Lipinski definition) is 2. The molecule has 0 atom stereocenters. The number of thioether (sulfide) groups is 1. The molecule has 1 aliphatic heterocycles. The van der Waals surface area contributed by atoms with Crippen LogP contribution in [-0.2, 0) is 9.53 Å². The molecule has 0 unspecified atom stereocenters. The molecule has 0 saturated carbocycles. The maximum Gasteiger partial charge on any atom is 0.409 e. The Kier molecular flexibility index (Phi) is 11.7. The van der Waals surface area contributed by atoms with Crippen LogP contribution in [0.1, 0.15) is 32.6 Å². The predicted octanol–water partition coefficient (Wildman–Crippen LogP) is 1.37. The summed E-state index contributed by atoms with van der Waals surface area (Å²) in [6.45, 7) is 4.48. The molecule has 2 N–H and O–H groups in total. The zero-order valence-corrected chi connectivity index (χ0v) is 17.9. The molecule has 1 heterocycles. The van der Waals surface area contributed by atoms with Gasteiger partial charge in [0.25, 0.3) is 0 Å². The fourth-order valence-corrected chi connectivity index (χ4v) is 3.13. The van der Waals surface area contributed by atoms with Crippen molar-refractivity contribution < 1.29 is 14.3 Å². The highest BCUT2D eigenvalue weighted by molar-refractivity contribution is 7.98. The predicted molar refractivity (Wildman–Crippen MR) is 111 cm³/mol. The highest BCUT2D eigenvalue weighted by Crippen LogP contribution is 2.11. The third-order valence-corrected chi connectivity index (χ3v) is 5.00. The van der Waals surface area contributed by atoms with Gasteiger partial charge in [-0.3, -0.25) is 4.79 Å². The third kappa shape index (κ3) is 9.74. The average molecular weight is 402 g/mol. The minimum Gasteiger partial charge on any atom is -0.450 e. The summed E-state index contributed by atoms with van der Waals surface area (Å²) in [5, 5.41) is 6.74. The van der Waals surface area contributed by atoms with Crippen LogP contribution >= 0.6 is 11.8 Å². The van der Waals surface area contributed by atoms with Gasteiger partial charge in [0, 0.05) is 39.8 Å². The second kappa shape index (κ2) is 13.5. The summed E-state index contributed by atoms with van der Waals surface area (Å²) in [7, 11) is 3.46. The number of unbranched alkanes of at least 4 members (excludes halogenated alkanes) is 1. The van der Waals surface area contributed by atoms with Crippen LogP contribution in [0.5, 0.6) is 0 Å². The Morgan fingerprint density at radius 3 is 2.56 bits per heavy atom. The Bertz CT molecular complexity index is 480.